The van der Waals surface area contributed by atoms with Crippen molar-refractivity contribution in [3.05, 3.63) is 34.9 Å². The lowest BCUT2D eigenvalue weighted by molar-refractivity contribution is 0.297. The van der Waals surface area contributed by atoms with Crippen LogP contribution in [0.4, 0.5) is 8.78 Å². The van der Waals surface area contributed by atoms with Gasteiger partial charge < -0.3 is 0 Å². The van der Waals surface area contributed by atoms with Gasteiger partial charge in [0, 0.05) is 0 Å². The van der Waals surface area contributed by atoms with Crippen LogP contribution in [0.2, 0.25) is 0 Å². The topological polar surface area (TPSA) is 0 Å². The predicted octanol–water partition coefficient (Wildman–Crippen LogP) is 6.13. The maximum atomic E-state index is 14.0. The Morgan fingerprint density at radius 2 is 1.70 bits per heavy atom. The summed E-state index contributed by atoms with van der Waals surface area (Å²) in [5.41, 5.74) is 1.000. The summed E-state index contributed by atoms with van der Waals surface area (Å²) in [5, 5.41) is 0. The zero-order valence-corrected chi connectivity index (χ0v) is 12.7. The molecule has 0 spiro atoms. The predicted molar refractivity (Wildman–Crippen MR) is 79.9 cm³/mol. The third kappa shape index (κ3) is 3.59. The number of rotatable bonds is 5. The smallest absolute Gasteiger partial charge is 0.162 e. The van der Waals surface area contributed by atoms with Gasteiger partial charge in [0.1, 0.15) is 0 Å². The van der Waals surface area contributed by atoms with E-state index in [9.17, 15) is 8.78 Å². The summed E-state index contributed by atoms with van der Waals surface area (Å²) < 4.78 is 27.7. The monoisotopic (exact) mass is 280 g/mol. The minimum absolute atomic E-state index is 0.215. The lowest BCUT2D eigenvalue weighted by Gasteiger charge is -2.29. The first-order chi connectivity index (χ1) is 9.63. The first kappa shape index (κ1) is 15.5. The van der Waals surface area contributed by atoms with Gasteiger partial charge in [0.15, 0.2) is 11.6 Å². The van der Waals surface area contributed by atoms with E-state index in [2.05, 4.69) is 6.92 Å². The Labute approximate surface area is 121 Å². The lowest BCUT2D eigenvalue weighted by Crippen LogP contribution is -2.15. The van der Waals surface area contributed by atoms with Gasteiger partial charge in [-0.1, -0.05) is 44.7 Å². The van der Waals surface area contributed by atoms with Crippen LogP contribution in [0.1, 0.15) is 75.3 Å². The maximum absolute atomic E-state index is 14.0. The van der Waals surface area contributed by atoms with Crippen LogP contribution >= 0.6 is 0 Å². The summed E-state index contributed by atoms with van der Waals surface area (Å²) in [7, 11) is 0. The Bertz CT molecular complexity index is 431. The van der Waals surface area contributed by atoms with Crippen molar-refractivity contribution < 1.29 is 8.78 Å². The number of unbranched alkanes of at least 4 members (excludes halogenated alkanes) is 2. The van der Waals surface area contributed by atoms with Crippen molar-refractivity contribution in [2.75, 3.05) is 0 Å². The fourth-order valence-electron chi connectivity index (χ4n) is 3.42. The minimum atomic E-state index is -0.660. The number of hydrogen-bond donors (Lipinski definition) is 0. The van der Waals surface area contributed by atoms with Crippen LogP contribution in [-0.2, 0) is 0 Å². The molecule has 0 aromatic heterocycles. The number of hydrogen-bond acceptors (Lipinski definition) is 0. The van der Waals surface area contributed by atoms with E-state index >= 15 is 0 Å². The Morgan fingerprint density at radius 1 is 1.00 bits per heavy atom. The number of halogens is 2. The molecule has 0 aliphatic heterocycles. The molecule has 0 unspecified atom stereocenters. The van der Waals surface area contributed by atoms with E-state index in [0.29, 0.717) is 11.1 Å². The van der Waals surface area contributed by atoms with Gasteiger partial charge in [0.25, 0.3) is 0 Å². The molecule has 112 valence electrons. The molecule has 0 nitrogen and oxygen atoms in total. The number of aryl methyl sites for hydroxylation is 1. The third-order valence-electron chi connectivity index (χ3n) is 4.81. The zero-order chi connectivity index (χ0) is 14.5. The van der Waals surface area contributed by atoms with E-state index in [-0.39, 0.29) is 5.92 Å². The van der Waals surface area contributed by atoms with E-state index in [4.69, 9.17) is 0 Å². The highest BCUT2D eigenvalue weighted by Crippen LogP contribution is 2.39. The average Bonchev–Trinajstić information content (AvgIpc) is 2.46. The van der Waals surface area contributed by atoms with E-state index in [1.165, 1.54) is 38.5 Å². The lowest BCUT2D eigenvalue weighted by atomic mass is 9.76. The highest BCUT2D eigenvalue weighted by Gasteiger charge is 2.25. The van der Waals surface area contributed by atoms with E-state index < -0.39 is 11.6 Å². The molecule has 0 atom stereocenters. The van der Waals surface area contributed by atoms with Gasteiger partial charge in [-0.2, -0.15) is 0 Å². The fourth-order valence-corrected chi connectivity index (χ4v) is 3.42. The quantitative estimate of drug-likeness (QED) is 0.569. The Balaban J connectivity index is 1.92. The molecule has 0 saturated heterocycles. The maximum Gasteiger partial charge on any atom is 0.162 e. The molecule has 1 aliphatic carbocycles. The minimum Gasteiger partial charge on any atom is -0.203 e. The van der Waals surface area contributed by atoms with Crippen molar-refractivity contribution in [1.82, 2.24) is 0 Å². The third-order valence-corrected chi connectivity index (χ3v) is 4.81. The van der Waals surface area contributed by atoms with Gasteiger partial charge in [-0.05, 0) is 55.6 Å². The van der Waals surface area contributed by atoms with Crippen molar-refractivity contribution in [2.45, 2.75) is 71.1 Å². The second kappa shape index (κ2) is 7.19. The largest absolute Gasteiger partial charge is 0.203 e. The second-order valence-corrected chi connectivity index (χ2v) is 6.31. The molecule has 1 fully saturated rings. The van der Waals surface area contributed by atoms with Crippen LogP contribution in [0, 0.1) is 24.5 Å². The molecular weight excluding hydrogens is 254 g/mol. The summed E-state index contributed by atoms with van der Waals surface area (Å²) in [5.74, 6) is -0.254. The molecule has 1 aromatic carbocycles. The first-order valence-corrected chi connectivity index (χ1v) is 8.08. The van der Waals surface area contributed by atoms with Crippen LogP contribution in [-0.4, -0.2) is 0 Å². The van der Waals surface area contributed by atoms with Gasteiger partial charge in [0.05, 0.1) is 0 Å². The van der Waals surface area contributed by atoms with Crippen LogP contribution in [0.5, 0.6) is 0 Å². The molecule has 0 heterocycles. The normalized spacial score (nSPS) is 23.0. The first-order valence-electron chi connectivity index (χ1n) is 8.08. The molecule has 20 heavy (non-hydrogen) atoms. The summed E-state index contributed by atoms with van der Waals surface area (Å²) in [6.07, 6.45) is 9.57. The molecule has 0 bridgehead atoms. The van der Waals surface area contributed by atoms with Gasteiger partial charge in [0.2, 0.25) is 0 Å². The fraction of sp³-hybridized carbons (Fsp3) is 0.667. The van der Waals surface area contributed by atoms with Crippen molar-refractivity contribution in [2.24, 2.45) is 5.92 Å². The second-order valence-electron chi connectivity index (χ2n) is 6.31. The van der Waals surface area contributed by atoms with E-state index in [1.807, 2.05) is 0 Å². The zero-order valence-electron chi connectivity index (χ0n) is 12.7. The van der Waals surface area contributed by atoms with Crippen LogP contribution in [0.15, 0.2) is 12.1 Å². The molecule has 0 radical (unpaired) electrons. The van der Waals surface area contributed by atoms with Gasteiger partial charge >= 0.3 is 0 Å². The Hall–Kier alpha value is -0.920. The standard InChI is InChI=1S/C18H26F2/c1-3-4-5-6-14-8-10-15(11-9-14)16-12-7-13(2)17(19)18(16)20/h7,12,14-15H,3-6,8-11H2,1-2H3. The molecule has 2 rings (SSSR count). The average molecular weight is 280 g/mol. The van der Waals surface area contributed by atoms with Crippen LogP contribution in [0.25, 0.3) is 0 Å². The Kier molecular flexibility index (Phi) is 5.56. The highest BCUT2D eigenvalue weighted by molar-refractivity contribution is 5.28. The van der Waals surface area contributed by atoms with Crippen molar-refractivity contribution in [3.8, 4) is 0 Å². The summed E-state index contributed by atoms with van der Waals surface area (Å²) in [6, 6.07) is 3.50. The summed E-state index contributed by atoms with van der Waals surface area (Å²) in [6.45, 7) is 3.85. The van der Waals surface area contributed by atoms with Crippen molar-refractivity contribution in [1.29, 1.82) is 0 Å². The highest BCUT2D eigenvalue weighted by atomic mass is 19.2. The van der Waals surface area contributed by atoms with E-state index in [1.54, 1.807) is 19.1 Å². The van der Waals surface area contributed by atoms with E-state index in [0.717, 1.165) is 18.8 Å². The van der Waals surface area contributed by atoms with Crippen LogP contribution < -0.4 is 0 Å². The number of benzene rings is 1. The molecule has 2 heteroatoms. The van der Waals surface area contributed by atoms with Gasteiger partial charge in [-0.3, -0.25) is 0 Å². The SMILES string of the molecule is CCCCCC1CCC(c2ccc(C)c(F)c2F)CC1. The Morgan fingerprint density at radius 3 is 2.35 bits per heavy atom. The molecule has 0 amide bonds. The molecule has 0 N–H and O–H groups in total. The molecule has 1 aliphatic rings. The van der Waals surface area contributed by atoms with Crippen LogP contribution in [0.3, 0.4) is 0 Å². The van der Waals surface area contributed by atoms with Crippen molar-refractivity contribution in [3.63, 3.8) is 0 Å². The molecule has 1 saturated carbocycles. The summed E-state index contributed by atoms with van der Waals surface area (Å²) in [4.78, 5) is 0. The molecular formula is C18H26F2. The molecule has 1 aromatic rings. The summed E-state index contributed by atoms with van der Waals surface area (Å²) >= 11 is 0. The van der Waals surface area contributed by atoms with Gasteiger partial charge in [-0.25, -0.2) is 8.78 Å². The van der Waals surface area contributed by atoms with Crippen molar-refractivity contribution >= 4 is 0 Å². The van der Waals surface area contributed by atoms with Gasteiger partial charge in [-0.15, -0.1) is 0 Å².